The lowest BCUT2D eigenvalue weighted by atomic mass is 9.93. The summed E-state index contributed by atoms with van der Waals surface area (Å²) >= 11 is 0. The van der Waals surface area contributed by atoms with Gasteiger partial charge < -0.3 is 10.3 Å². The lowest BCUT2D eigenvalue weighted by Crippen LogP contribution is -2.27. The molecule has 0 spiro atoms. The molecular weight excluding hydrogens is 232 g/mol. The van der Waals surface area contributed by atoms with Crippen LogP contribution in [0.25, 0.3) is 10.8 Å². The molecule has 0 atom stereocenters. The Hall–Kier alpha value is -1.72. The number of hydrogen-bond donors (Lipinski definition) is 2. The van der Waals surface area contributed by atoms with Crippen molar-refractivity contribution in [3.8, 4) is 11.8 Å². The maximum Gasteiger partial charge on any atom is 0.0338 e. The van der Waals surface area contributed by atoms with Crippen molar-refractivity contribution >= 4 is 10.8 Å². The highest BCUT2D eigenvalue weighted by Crippen LogP contribution is 2.18. The van der Waals surface area contributed by atoms with Gasteiger partial charge in [0.25, 0.3) is 0 Å². The summed E-state index contributed by atoms with van der Waals surface area (Å²) in [5.41, 5.74) is 1.14. The van der Waals surface area contributed by atoms with Gasteiger partial charge in [0.15, 0.2) is 0 Å². The van der Waals surface area contributed by atoms with Gasteiger partial charge >= 0.3 is 0 Å². The third-order valence-electron chi connectivity index (χ3n) is 3.97. The number of rotatable bonds is 2. The molecule has 2 N–H and O–H groups in total. The largest absolute Gasteiger partial charge is 0.366 e. The normalized spacial score (nSPS) is 16.2. The van der Waals surface area contributed by atoms with Crippen molar-refractivity contribution in [2.45, 2.75) is 25.7 Å². The first kappa shape index (κ1) is 12.3. The van der Waals surface area contributed by atoms with Crippen LogP contribution in [0.1, 0.15) is 31.2 Å². The molecule has 1 aromatic carbocycles. The van der Waals surface area contributed by atoms with Crippen LogP contribution < -0.4 is 5.32 Å². The van der Waals surface area contributed by atoms with Crippen LogP contribution in [0.2, 0.25) is 0 Å². The smallest absolute Gasteiger partial charge is 0.0338 e. The van der Waals surface area contributed by atoms with Crippen LogP contribution in [-0.2, 0) is 0 Å². The van der Waals surface area contributed by atoms with Crippen LogP contribution in [0.15, 0.2) is 30.6 Å². The highest BCUT2D eigenvalue weighted by Gasteiger charge is 2.11. The van der Waals surface area contributed by atoms with E-state index in [4.69, 9.17) is 0 Å². The molecule has 0 bridgehead atoms. The van der Waals surface area contributed by atoms with Crippen molar-refractivity contribution in [2.24, 2.45) is 5.92 Å². The molecule has 0 unspecified atom stereocenters. The molecule has 19 heavy (non-hydrogen) atoms. The highest BCUT2D eigenvalue weighted by atomic mass is 14.9. The van der Waals surface area contributed by atoms with Crippen LogP contribution in [0, 0.1) is 17.8 Å². The number of nitrogens with one attached hydrogen (secondary N) is 2. The monoisotopic (exact) mass is 252 g/mol. The third-order valence-corrected chi connectivity index (χ3v) is 3.97. The van der Waals surface area contributed by atoms with E-state index in [0.717, 1.165) is 17.9 Å². The molecule has 1 aliphatic rings. The van der Waals surface area contributed by atoms with E-state index >= 15 is 0 Å². The van der Waals surface area contributed by atoms with Gasteiger partial charge in [0.2, 0.25) is 0 Å². The summed E-state index contributed by atoms with van der Waals surface area (Å²) in [7, 11) is 0. The molecule has 3 rings (SSSR count). The minimum Gasteiger partial charge on any atom is -0.366 e. The topological polar surface area (TPSA) is 27.8 Å². The van der Waals surface area contributed by atoms with Gasteiger partial charge in [0.05, 0.1) is 0 Å². The van der Waals surface area contributed by atoms with E-state index in [-0.39, 0.29) is 0 Å². The molecule has 1 aromatic heterocycles. The molecule has 2 nitrogen and oxygen atoms in total. The van der Waals surface area contributed by atoms with Crippen molar-refractivity contribution in [3.05, 3.63) is 36.2 Å². The Balaban J connectivity index is 1.62. The second-order valence-corrected chi connectivity index (χ2v) is 5.30. The molecule has 1 aliphatic heterocycles. The van der Waals surface area contributed by atoms with Gasteiger partial charge in [0.1, 0.15) is 0 Å². The van der Waals surface area contributed by atoms with Gasteiger partial charge in [-0.3, -0.25) is 0 Å². The Bertz CT molecular complexity index is 594. The number of fused-ring (bicyclic) bond motifs is 1. The minimum absolute atomic E-state index is 0.874. The van der Waals surface area contributed by atoms with Crippen molar-refractivity contribution in [2.75, 3.05) is 13.1 Å². The van der Waals surface area contributed by atoms with Crippen molar-refractivity contribution in [1.82, 2.24) is 10.3 Å². The molecule has 2 heterocycles. The van der Waals surface area contributed by atoms with Gasteiger partial charge in [-0.2, -0.15) is 0 Å². The molecule has 0 radical (unpaired) electrons. The Labute approximate surface area is 114 Å². The summed E-state index contributed by atoms with van der Waals surface area (Å²) in [6.07, 6.45) is 8.95. The number of aromatic nitrogens is 1. The van der Waals surface area contributed by atoms with E-state index in [1.165, 1.54) is 43.1 Å². The molecule has 1 saturated heterocycles. The van der Waals surface area contributed by atoms with Crippen LogP contribution in [-0.4, -0.2) is 18.1 Å². The predicted octanol–water partition coefficient (Wildman–Crippen LogP) is 3.30. The second kappa shape index (κ2) is 5.95. The molecular formula is C17H20N2. The van der Waals surface area contributed by atoms with Crippen molar-refractivity contribution < 1.29 is 0 Å². The first-order chi connectivity index (χ1) is 9.43. The zero-order chi connectivity index (χ0) is 12.9. The maximum atomic E-state index is 3.41. The van der Waals surface area contributed by atoms with Gasteiger partial charge in [0, 0.05) is 35.2 Å². The lowest BCUT2D eigenvalue weighted by molar-refractivity contribution is 0.357. The molecule has 2 aromatic rings. The molecule has 0 aliphatic carbocycles. The average Bonchev–Trinajstić information content (AvgIpc) is 2.94. The molecule has 98 valence electrons. The summed E-state index contributed by atoms with van der Waals surface area (Å²) < 4.78 is 0. The van der Waals surface area contributed by atoms with Crippen molar-refractivity contribution in [1.29, 1.82) is 0 Å². The fraction of sp³-hybridized carbons (Fsp3) is 0.412. The minimum atomic E-state index is 0.874. The zero-order valence-electron chi connectivity index (χ0n) is 11.2. The van der Waals surface area contributed by atoms with Gasteiger partial charge in [-0.15, -0.1) is 0 Å². The molecule has 0 saturated carbocycles. The SMILES string of the molecule is C(#Cc1cccc2c[nH]cc12)CCC1CCNCC1. The Morgan fingerprint density at radius 1 is 1.16 bits per heavy atom. The van der Waals surface area contributed by atoms with Crippen LogP contribution in [0.3, 0.4) is 0 Å². The first-order valence-electron chi connectivity index (χ1n) is 7.18. The van der Waals surface area contributed by atoms with Crippen molar-refractivity contribution in [3.63, 3.8) is 0 Å². The fourth-order valence-electron chi connectivity index (χ4n) is 2.80. The van der Waals surface area contributed by atoms with Gasteiger partial charge in [-0.1, -0.05) is 24.0 Å². The average molecular weight is 252 g/mol. The van der Waals surface area contributed by atoms with E-state index < -0.39 is 0 Å². The predicted molar refractivity (Wildman–Crippen MR) is 80.0 cm³/mol. The summed E-state index contributed by atoms with van der Waals surface area (Å²) in [5, 5.41) is 5.88. The Kier molecular flexibility index (Phi) is 3.86. The third kappa shape index (κ3) is 3.00. The molecule has 0 amide bonds. The molecule has 1 fully saturated rings. The van der Waals surface area contributed by atoms with E-state index in [9.17, 15) is 0 Å². The van der Waals surface area contributed by atoms with E-state index in [1.807, 2.05) is 12.4 Å². The Morgan fingerprint density at radius 2 is 2.05 bits per heavy atom. The van der Waals surface area contributed by atoms with Crippen LogP contribution in [0.5, 0.6) is 0 Å². The van der Waals surface area contributed by atoms with Crippen LogP contribution in [0.4, 0.5) is 0 Å². The standard InChI is InChI=1S/C17H20N2/c1(4-14-8-10-18-11-9-14)2-5-15-6-3-7-16-12-19-13-17(15)16/h3,6-7,12-14,18-19H,1,4,8-11H2. The van der Waals surface area contributed by atoms with E-state index in [1.54, 1.807) is 0 Å². The highest BCUT2D eigenvalue weighted by molar-refractivity contribution is 5.87. The summed E-state index contributed by atoms with van der Waals surface area (Å²) in [4.78, 5) is 3.15. The van der Waals surface area contributed by atoms with E-state index in [0.29, 0.717) is 0 Å². The first-order valence-corrected chi connectivity index (χ1v) is 7.18. The number of benzene rings is 1. The number of H-pyrrole nitrogens is 1. The summed E-state index contributed by atoms with van der Waals surface area (Å²) in [5.74, 6) is 7.55. The lowest BCUT2D eigenvalue weighted by Gasteiger charge is -2.21. The number of hydrogen-bond acceptors (Lipinski definition) is 1. The zero-order valence-corrected chi connectivity index (χ0v) is 11.2. The van der Waals surface area contributed by atoms with Gasteiger partial charge in [-0.25, -0.2) is 0 Å². The second-order valence-electron chi connectivity index (χ2n) is 5.30. The van der Waals surface area contributed by atoms with E-state index in [2.05, 4.69) is 40.3 Å². The fourth-order valence-corrected chi connectivity index (χ4v) is 2.80. The summed E-state index contributed by atoms with van der Waals surface area (Å²) in [6, 6.07) is 6.30. The van der Waals surface area contributed by atoms with Gasteiger partial charge in [-0.05, 0) is 44.3 Å². The maximum absolute atomic E-state index is 3.41. The Morgan fingerprint density at radius 3 is 2.95 bits per heavy atom. The van der Waals surface area contributed by atoms with Crippen LogP contribution >= 0.6 is 0 Å². The number of aromatic amines is 1. The quantitative estimate of drug-likeness (QED) is 0.789. The number of piperidine rings is 1. The molecule has 2 heteroatoms. The summed E-state index contributed by atoms with van der Waals surface area (Å²) in [6.45, 7) is 2.36.